The third-order valence-corrected chi connectivity index (χ3v) is 2.75. The summed E-state index contributed by atoms with van der Waals surface area (Å²) in [5, 5.41) is 2.71. The van der Waals surface area contributed by atoms with Gasteiger partial charge in [-0.2, -0.15) is 0 Å². The molecular weight excluding hydrogens is 176 g/mol. The Labute approximate surface area is 77.6 Å². The molecule has 0 aliphatic heterocycles. The van der Waals surface area contributed by atoms with Gasteiger partial charge in [-0.05, 0) is 32.2 Å². The summed E-state index contributed by atoms with van der Waals surface area (Å²) in [5.41, 5.74) is -0.00484. The average molecular weight is 193 g/mol. The lowest BCUT2D eigenvalue weighted by atomic mass is 9.77. The van der Waals surface area contributed by atoms with Crippen LogP contribution in [0.25, 0.3) is 0 Å². The van der Waals surface area contributed by atoms with E-state index in [0.717, 1.165) is 19.3 Å². The molecule has 1 rings (SSSR count). The fourth-order valence-corrected chi connectivity index (χ4v) is 1.65. The summed E-state index contributed by atoms with van der Waals surface area (Å²) >= 11 is 0. The Hall–Kier alpha value is -0.220. The molecule has 0 spiro atoms. The fraction of sp³-hybridized carbons (Fsp3) is 1.00. The van der Waals surface area contributed by atoms with E-state index in [-0.39, 0.29) is 12.1 Å². The van der Waals surface area contributed by atoms with E-state index in [9.17, 15) is 8.78 Å². The number of methoxy groups -OCH3 is 1. The molecule has 0 bridgehead atoms. The molecule has 1 saturated carbocycles. The van der Waals surface area contributed by atoms with Crippen molar-refractivity contribution in [2.45, 2.75) is 37.7 Å². The Morgan fingerprint density at radius 3 is 2.54 bits per heavy atom. The molecule has 0 aromatic rings. The molecule has 0 aromatic carbocycles. The van der Waals surface area contributed by atoms with Crippen LogP contribution in [0.15, 0.2) is 0 Å². The summed E-state index contributed by atoms with van der Waals surface area (Å²) < 4.78 is 28.8. The maximum atomic E-state index is 11.7. The van der Waals surface area contributed by atoms with E-state index >= 15 is 0 Å². The molecule has 4 heteroatoms. The summed E-state index contributed by atoms with van der Waals surface area (Å²) in [6.45, 7) is 0.415. The van der Waals surface area contributed by atoms with Crippen LogP contribution in [0.1, 0.15) is 25.7 Å². The van der Waals surface area contributed by atoms with Crippen molar-refractivity contribution in [3.8, 4) is 0 Å². The van der Waals surface area contributed by atoms with Gasteiger partial charge in [0.25, 0.3) is 6.43 Å². The number of ether oxygens (including phenoxy) is 1. The Morgan fingerprint density at radius 2 is 2.15 bits per heavy atom. The number of alkyl halides is 2. The molecule has 0 amide bonds. The van der Waals surface area contributed by atoms with Crippen LogP contribution >= 0.6 is 0 Å². The van der Waals surface area contributed by atoms with Gasteiger partial charge < -0.3 is 10.1 Å². The van der Waals surface area contributed by atoms with Crippen molar-refractivity contribution in [2.75, 3.05) is 20.2 Å². The van der Waals surface area contributed by atoms with Crippen LogP contribution in [-0.4, -0.2) is 32.2 Å². The van der Waals surface area contributed by atoms with Gasteiger partial charge in [0.2, 0.25) is 0 Å². The molecule has 0 heterocycles. The second-order valence-electron chi connectivity index (χ2n) is 3.59. The molecule has 1 aliphatic rings. The van der Waals surface area contributed by atoms with Crippen molar-refractivity contribution in [3.05, 3.63) is 0 Å². The summed E-state index contributed by atoms with van der Waals surface area (Å²) in [5.74, 6) is 0. The van der Waals surface area contributed by atoms with Gasteiger partial charge in [-0.1, -0.05) is 0 Å². The normalized spacial score (nSPS) is 20.3. The zero-order chi connectivity index (χ0) is 9.73. The predicted octanol–water partition coefficient (Wildman–Crippen LogP) is 1.80. The monoisotopic (exact) mass is 193 g/mol. The zero-order valence-electron chi connectivity index (χ0n) is 7.98. The Bertz CT molecular complexity index is 143. The summed E-state index contributed by atoms with van der Waals surface area (Å²) in [4.78, 5) is 0. The Morgan fingerprint density at radius 1 is 1.46 bits per heavy atom. The van der Waals surface area contributed by atoms with E-state index in [4.69, 9.17) is 4.74 Å². The minimum atomic E-state index is -2.25. The molecule has 0 saturated heterocycles. The van der Waals surface area contributed by atoms with E-state index in [0.29, 0.717) is 6.54 Å². The molecule has 0 unspecified atom stereocenters. The van der Waals surface area contributed by atoms with Crippen molar-refractivity contribution in [2.24, 2.45) is 0 Å². The van der Waals surface area contributed by atoms with E-state index in [1.807, 2.05) is 0 Å². The van der Waals surface area contributed by atoms with Crippen LogP contribution in [0.3, 0.4) is 0 Å². The average Bonchev–Trinajstić information content (AvgIpc) is 2.01. The number of rotatable bonds is 6. The van der Waals surface area contributed by atoms with Gasteiger partial charge in [0.05, 0.1) is 12.1 Å². The summed E-state index contributed by atoms with van der Waals surface area (Å²) in [6, 6.07) is 0. The van der Waals surface area contributed by atoms with Crippen LogP contribution in [0.4, 0.5) is 8.78 Å². The lowest BCUT2D eigenvalue weighted by Crippen LogP contribution is -2.42. The molecule has 2 nitrogen and oxygen atoms in total. The highest BCUT2D eigenvalue weighted by Gasteiger charge is 2.36. The first-order chi connectivity index (χ1) is 6.18. The van der Waals surface area contributed by atoms with Gasteiger partial charge in [-0.25, -0.2) is 8.78 Å². The predicted molar refractivity (Wildman–Crippen MR) is 47.1 cm³/mol. The zero-order valence-corrected chi connectivity index (χ0v) is 7.98. The second kappa shape index (κ2) is 4.86. The van der Waals surface area contributed by atoms with Crippen molar-refractivity contribution >= 4 is 0 Å². The van der Waals surface area contributed by atoms with Crippen LogP contribution in [0, 0.1) is 0 Å². The van der Waals surface area contributed by atoms with Crippen LogP contribution in [0.2, 0.25) is 0 Å². The van der Waals surface area contributed by atoms with E-state index in [2.05, 4.69) is 5.32 Å². The van der Waals surface area contributed by atoms with Crippen molar-refractivity contribution < 1.29 is 13.5 Å². The van der Waals surface area contributed by atoms with Gasteiger partial charge in [-0.3, -0.25) is 0 Å². The molecule has 0 atom stereocenters. The van der Waals surface area contributed by atoms with Gasteiger partial charge in [0.15, 0.2) is 0 Å². The highest BCUT2D eigenvalue weighted by molar-refractivity contribution is 4.89. The molecule has 13 heavy (non-hydrogen) atoms. The fourth-order valence-electron chi connectivity index (χ4n) is 1.65. The maximum absolute atomic E-state index is 11.7. The minimum Gasteiger partial charge on any atom is -0.378 e. The molecule has 1 fully saturated rings. The molecule has 0 aromatic heterocycles. The van der Waals surface area contributed by atoms with Crippen LogP contribution in [0.5, 0.6) is 0 Å². The molecular formula is C9H17F2NO. The SMILES string of the molecule is COC1(CCNCC(F)F)CCC1. The van der Waals surface area contributed by atoms with Gasteiger partial charge in [0.1, 0.15) is 0 Å². The van der Waals surface area contributed by atoms with Crippen LogP contribution < -0.4 is 5.32 Å². The molecule has 1 aliphatic carbocycles. The largest absolute Gasteiger partial charge is 0.378 e. The molecule has 1 N–H and O–H groups in total. The van der Waals surface area contributed by atoms with Gasteiger partial charge >= 0.3 is 0 Å². The molecule has 0 radical (unpaired) electrons. The first-order valence-corrected chi connectivity index (χ1v) is 4.72. The molecule has 78 valence electrons. The van der Waals surface area contributed by atoms with Crippen molar-refractivity contribution in [1.82, 2.24) is 5.32 Å². The smallest absolute Gasteiger partial charge is 0.250 e. The standard InChI is InChI=1S/C9H17F2NO/c1-13-9(3-2-4-9)5-6-12-7-8(10)11/h8,12H,2-7H2,1H3. The lowest BCUT2D eigenvalue weighted by molar-refractivity contribution is -0.0771. The van der Waals surface area contributed by atoms with Gasteiger partial charge in [-0.15, -0.1) is 0 Å². The maximum Gasteiger partial charge on any atom is 0.250 e. The van der Waals surface area contributed by atoms with E-state index < -0.39 is 6.43 Å². The topological polar surface area (TPSA) is 21.3 Å². The van der Waals surface area contributed by atoms with E-state index in [1.54, 1.807) is 7.11 Å². The van der Waals surface area contributed by atoms with Crippen molar-refractivity contribution in [1.29, 1.82) is 0 Å². The summed E-state index contributed by atoms with van der Waals surface area (Å²) in [7, 11) is 1.70. The number of halogens is 2. The third kappa shape index (κ3) is 3.19. The Kier molecular flexibility index (Phi) is 4.06. The number of nitrogens with one attached hydrogen (secondary N) is 1. The quantitative estimate of drug-likeness (QED) is 0.649. The first kappa shape index (κ1) is 10.9. The lowest BCUT2D eigenvalue weighted by Gasteiger charge is -2.40. The number of hydrogen-bond acceptors (Lipinski definition) is 2. The Balaban J connectivity index is 2.04. The van der Waals surface area contributed by atoms with Crippen molar-refractivity contribution in [3.63, 3.8) is 0 Å². The second-order valence-corrected chi connectivity index (χ2v) is 3.59. The van der Waals surface area contributed by atoms with Crippen LogP contribution in [-0.2, 0) is 4.74 Å². The first-order valence-electron chi connectivity index (χ1n) is 4.72. The highest BCUT2D eigenvalue weighted by atomic mass is 19.3. The highest BCUT2D eigenvalue weighted by Crippen LogP contribution is 2.37. The third-order valence-electron chi connectivity index (χ3n) is 2.75. The van der Waals surface area contributed by atoms with E-state index in [1.165, 1.54) is 6.42 Å². The number of hydrogen-bond donors (Lipinski definition) is 1. The summed E-state index contributed by atoms with van der Waals surface area (Å²) in [6.07, 6.45) is 1.93. The minimum absolute atomic E-state index is 0.00484. The van der Waals surface area contributed by atoms with Gasteiger partial charge in [0, 0.05) is 7.11 Å².